The van der Waals surface area contributed by atoms with Crippen molar-refractivity contribution in [2.75, 3.05) is 6.54 Å². The van der Waals surface area contributed by atoms with E-state index in [0.29, 0.717) is 23.2 Å². The molecule has 0 aliphatic heterocycles. The molecule has 7 heteroatoms. The Hall–Kier alpha value is -2.28. The van der Waals surface area contributed by atoms with Crippen LogP contribution in [0.15, 0.2) is 40.2 Å². The number of carbonyl (C=O) groups excluding carboxylic acids is 1. The smallest absolute Gasteiger partial charge is 0.287 e. The second kappa shape index (κ2) is 7.32. The number of hydrogen-bond acceptors (Lipinski definition) is 5. The molecule has 0 aliphatic rings. The molecule has 0 saturated carbocycles. The summed E-state index contributed by atoms with van der Waals surface area (Å²) in [4.78, 5) is 16.5. The fraction of sp³-hybridized carbons (Fsp3) is 0.312. The SMILES string of the molecule is CCCCNC(=O)c1oc2ccccc2c1CSc1ncn[nH]1. The third-order valence-electron chi connectivity index (χ3n) is 3.47. The van der Waals surface area contributed by atoms with Gasteiger partial charge in [-0.25, -0.2) is 4.98 Å². The number of aromatic nitrogens is 3. The van der Waals surface area contributed by atoms with E-state index in [-0.39, 0.29) is 5.91 Å². The summed E-state index contributed by atoms with van der Waals surface area (Å²) in [6.45, 7) is 2.74. The summed E-state index contributed by atoms with van der Waals surface area (Å²) in [6.07, 6.45) is 3.46. The molecule has 0 radical (unpaired) electrons. The molecular formula is C16H18N4O2S. The predicted molar refractivity (Wildman–Crippen MR) is 89.4 cm³/mol. The highest BCUT2D eigenvalue weighted by Gasteiger charge is 2.20. The average molecular weight is 330 g/mol. The number of nitrogens with zero attached hydrogens (tertiary/aromatic N) is 2. The van der Waals surface area contributed by atoms with Gasteiger partial charge < -0.3 is 9.73 Å². The van der Waals surface area contributed by atoms with E-state index in [2.05, 4.69) is 27.4 Å². The number of hydrogen-bond donors (Lipinski definition) is 2. The van der Waals surface area contributed by atoms with Crippen LogP contribution in [0.2, 0.25) is 0 Å². The van der Waals surface area contributed by atoms with Gasteiger partial charge in [-0.2, -0.15) is 5.10 Å². The fourth-order valence-corrected chi connectivity index (χ4v) is 3.10. The van der Waals surface area contributed by atoms with Crippen molar-refractivity contribution < 1.29 is 9.21 Å². The van der Waals surface area contributed by atoms with Crippen LogP contribution in [0.4, 0.5) is 0 Å². The van der Waals surface area contributed by atoms with Gasteiger partial charge in [0.25, 0.3) is 5.91 Å². The molecule has 2 N–H and O–H groups in total. The second-order valence-corrected chi connectivity index (χ2v) is 6.06. The Morgan fingerprint density at radius 3 is 3.04 bits per heavy atom. The number of benzene rings is 1. The van der Waals surface area contributed by atoms with Crippen LogP contribution in [0.1, 0.15) is 35.9 Å². The van der Waals surface area contributed by atoms with Crippen molar-refractivity contribution in [3.8, 4) is 0 Å². The van der Waals surface area contributed by atoms with Gasteiger partial charge in [-0.1, -0.05) is 43.3 Å². The van der Waals surface area contributed by atoms with Gasteiger partial charge in [-0.05, 0) is 12.5 Å². The first-order chi connectivity index (χ1) is 11.3. The lowest BCUT2D eigenvalue weighted by molar-refractivity contribution is 0.0926. The maximum atomic E-state index is 12.4. The van der Waals surface area contributed by atoms with Crippen molar-refractivity contribution in [2.24, 2.45) is 0 Å². The normalized spacial score (nSPS) is 11.0. The second-order valence-electron chi connectivity index (χ2n) is 5.09. The summed E-state index contributed by atoms with van der Waals surface area (Å²) in [5.41, 5.74) is 1.61. The van der Waals surface area contributed by atoms with Gasteiger partial charge >= 0.3 is 0 Å². The molecule has 3 rings (SSSR count). The topological polar surface area (TPSA) is 83.8 Å². The standard InChI is InChI=1S/C16H18N4O2S/c1-2-3-8-17-15(21)14-12(9-23-16-18-10-19-20-16)11-6-4-5-7-13(11)22-14/h4-7,10H,2-3,8-9H2,1H3,(H,17,21)(H,18,19,20). The number of thioether (sulfide) groups is 1. The minimum absolute atomic E-state index is 0.164. The van der Waals surface area contributed by atoms with Gasteiger partial charge in [0.2, 0.25) is 0 Å². The number of H-pyrrole nitrogens is 1. The van der Waals surface area contributed by atoms with Gasteiger partial charge in [-0.15, -0.1) is 0 Å². The van der Waals surface area contributed by atoms with Gasteiger partial charge in [-0.3, -0.25) is 9.89 Å². The molecule has 1 amide bonds. The number of rotatable bonds is 7. The maximum Gasteiger partial charge on any atom is 0.287 e. The van der Waals surface area contributed by atoms with Crippen molar-refractivity contribution in [1.82, 2.24) is 20.5 Å². The molecule has 0 atom stereocenters. The number of fused-ring (bicyclic) bond motifs is 1. The zero-order chi connectivity index (χ0) is 16.1. The Labute approximate surface area is 138 Å². The van der Waals surface area contributed by atoms with Crippen molar-refractivity contribution >= 4 is 28.6 Å². The number of para-hydroxylation sites is 1. The van der Waals surface area contributed by atoms with E-state index in [1.54, 1.807) is 0 Å². The number of nitrogens with one attached hydrogen (secondary N) is 2. The molecule has 0 fully saturated rings. The number of amides is 1. The Kier molecular flexibility index (Phi) is 4.97. The van der Waals surface area contributed by atoms with Crippen LogP contribution in [0.25, 0.3) is 11.0 Å². The molecule has 2 heterocycles. The van der Waals surface area contributed by atoms with E-state index in [0.717, 1.165) is 29.4 Å². The summed E-state index contributed by atoms with van der Waals surface area (Å²) < 4.78 is 5.79. The summed E-state index contributed by atoms with van der Waals surface area (Å²) in [6, 6.07) is 7.69. The first-order valence-corrected chi connectivity index (χ1v) is 8.55. The van der Waals surface area contributed by atoms with Crippen LogP contribution in [0.3, 0.4) is 0 Å². The lowest BCUT2D eigenvalue weighted by Crippen LogP contribution is -2.24. The highest BCUT2D eigenvalue weighted by atomic mass is 32.2. The van der Waals surface area contributed by atoms with Gasteiger partial charge in [0.05, 0.1) is 0 Å². The van der Waals surface area contributed by atoms with Crippen LogP contribution in [-0.4, -0.2) is 27.6 Å². The number of aromatic amines is 1. The Balaban J connectivity index is 1.86. The molecule has 0 saturated heterocycles. The summed E-state index contributed by atoms with van der Waals surface area (Å²) in [5.74, 6) is 0.806. The van der Waals surface area contributed by atoms with Gasteiger partial charge in [0.15, 0.2) is 10.9 Å². The van der Waals surface area contributed by atoms with Gasteiger partial charge in [0.1, 0.15) is 11.9 Å². The van der Waals surface area contributed by atoms with Crippen molar-refractivity contribution in [1.29, 1.82) is 0 Å². The van der Waals surface area contributed by atoms with Crippen LogP contribution in [-0.2, 0) is 5.75 Å². The molecule has 0 bridgehead atoms. The summed E-state index contributed by atoms with van der Waals surface area (Å²) in [5, 5.41) is 11.2. The Morgan fingerprint density at radius 2 is 2.26 bits per heavy atom. The maximum absolute atomic E-state index is 12.4. The van der Waals surface area contributed by atoms with Crippen LogP contribution >= 0.6 is 11.8 Å². The third-order valence-corrected chi connectivity index (χ3v) is 4.37. The van der Waals surface area contributed by atoms with Crippen molar-refractivity contribution in [3.05, 3.63) is 41.9 Å². The third kappa shape index (κ3) is 3.56. The van der Waals surface area contributed by atoms with Crippen LogP contribution in [0, 0.1) is 0 Å². The fourth-order valence-electron chi connectivity index (χ4n) is 2.29. The monoisotopic (exact) mass is 330 g/mol. The van der Waals surface area contributed by atoms with E-state index >= 15 is 0 Å². The molecule has 0 unspecified atom stereocenters. The quantitative estimate of drug-likeness (QED) is 0.512. The number of carbonyl (C=O) groups is 1. The summed E-state index contributed by atoms with van der Waals surface area (Å²) >= 11 is 1.49. The first kappa shape index (κ1) is 15.6. The zero-order valence-corrected chi connectivity index (χ0v) is 13.7. The number of unbranched alkanes of at least 4 members (excludes halogenated alkanes) is 1. The molecule has 2 aromatic heterocycles. The molecule has 6 nitrogen and oxygen atoms in total. The van der Waals surface area contributed by atoms with Crippen LogP contribution < -0.4 is 5.32 Å². The predicted octanol–water partition coefficient (Wildman–Crippen LogP) is 3.37. The Bertz CT molecular complexity index is 783. The lowest BCUT2D eigenvalue weighted by Gasteiger charge is -2.04. The minimum Gasteiger partial charge on any atom is -0.451 e. The van der Waals surface area contributed by atoms with Crippen molar-refractivity contribution in [2.45, 2.75) is 30.7 Å². The molecule has 3 aromatic rings. The minimum atomic E-state index is -0.164. The van der Waals surface area contributed by atoms with E-state index < -0.39 is 0 Å². The van der Waals surface area contributed by atoms with Crippen LogP contribution in [0.5, 0.6) is 0 Å². The number of furan rings is 1. The largest absolute Gasteiger partial charge is 0.451 e. The first-order valence-electron chi connectivity index (χ1n) is 7.56. The Morgan fingerprint density at radius 1 is 1.39 bits per heavy atom. The summed E-state index contributed by atoms with van der Waals surface area (Å²) in [7, 11) is 0. The van der Waals surface area contributed by atoms with E-state index in [1.165, 1.54) is 18.1 Å². The highest BCUT2D eigenvalue weighted by molar-refractivity contribution is 7.98. The zero-order valence-electron chi connectivity index (χ0n) is 12.8. The van der Waals surface area contributed by atoms with E-state index in [1.807, 2.05) is 24.3 Å². The van der Waals surface area contributed by atoms with Crippen molar-refractivity contribution in [3.63, 3.8) is 0 Å². The molecule has 120 valence electrons. The lowest BCUT2D eigenvalue weighted by atomic mass is 10.1. The molecular weight excluding hydrogens is 312 g/mol. The van der Waals surface area contributed by atoms with E-state index in [4.69, 9.17) is 4.42 Å². The highest BCUT2D eigenvalue weighted by Crippen LogP contribution is 2.30. The molecule has 23 heavy (non-hydrogen) atoms. The van der Waals surface area contributed by atoms with Gasteiger partial charge in [0, 0.05) is 23.2 Å². The average Bonchev–Trinajstić information content (AvgIpc) is 3.20. The molecule has 1 aromatic carbocycles. The molecule has 0 spiro atoms. The molecule has 0 aliphatic carbocycles. The van der Waals surface area contributed by atoms with E-state index in [9.17, 15) is 4.79 Å².